The zero-order valence-corrected chi connectivity index (χ0v) is 12.1. The average Bonchev–Trinajstić information content (AvgIpc) is 2.79. The third-order valence-corrected chi connectivity index (χ3v) is 3.98. The Hall–Kier alpha value is -2.47. The van der Waals surface area contributed by atoms with E-state index in [1.807, 2.05) is 43.3 Å². The van der Waals surface area contributed by atoms with Crippen molar-refractivity contribution in [2.24, 2.45) is 0 Å². The van der Waals surface area contributed by atoms with Crippen molar-refractivity contribution in [1.82, 2.24) is 9.97 Å². The number of aromatic amines is 1. The van der Waals surface area contributed by atoms with Crippen LogP contribution in [-0.2, 0) is 0 Å². The molecule has 0 saturated carbocycles. The topological polar surface area (TPSA) is 78.0 Å². The molecule has 0 spiro atoms. The molecule has 0 fully saturated rings. The Morgan fingerprint density at radius 1 is 1.29 bits per heavy atom. The normalized spacial score (nSPS) is 10.7. The maximum absolute atomic E-state index is 11.0. The molecule has 0 bridgehead atoms. The average molecular weight is 299 g/mol. The lowest BCUT2D eigenvalue weighted by molar-refractivity contribution is 0.209. The van der Waals surface area contributed by atoms with E-state index in [4.69, 9.17) is 5.11 Å². The van der Waals surface area contributed by atoms with Crippen molar-refractivity contribution in [2.75, 3.05) is 5.32 Å². The lowest BCUT2D eigenvalue weighted by atomic mass is 10.3. The number of nitrogens with one attached hydrogen (secondary N) is 2. The molecule has 1 heterocycles. The molecule has 21 heavy (non-hydrogen) atoms. The van der Waals surface area contributed by atoms with E-state index in [-0.39, 0.29) is 0 Å². The summed E-state index contributed by atoms with van der Waals surface area (Å²) < 4.78 is 0. The summed E-state index contributed by atoms with van der Waals surface area (Å²) in [6.45, 7) is 1.87. The van der Waals surface area contributed by atoms with Gasteiger partial charge >= 0.3 is 6.09 Å². The molecular formula is C15H13N3O2S. The van der Waals surface area contributed by atoms with E-state index in [0.29, 0.717) is 5.69 Å². The van der Waals surface area contributed by atoms with E-state index >= 15 is 0 Å². The van der Waals surface area contributed by atoms with Gasteiger partial charge in [-0.15, -0.1) is 0 Å². The summed E-state index contributed by atoms with van der Waals surface area (Å²) in [6, 6.07) is 13.5. The molecule has 106 valence electrons. The Kier molecular flexibility index (Phi) is 3.53. The first kappa shape index (κ1) is 13.5. The number of anilines is 1. The minimum atomic E-state index is -1.08. The largest absolute Gasteiger partial charge is 0.465 e. The fourth-order valence-electron chi connectivity index (χ4n) is 2.08. The van der Waals surface area contributed by atoms with Crippen LogP contribution >= 0.6 is 11.8 Å². The van der Waals surface area contributed by atoms with Crippen molar-refractivity contribution in [3.63, 3.8) is 0 Å². The van der Waals surface area contributed by atoms with Crippen LogP contribution in [-0.4, -0.2) is 21.2 Å². The number of rotatable bonds is 3. The molecule has 2 aromatic carbocycles. The Bertz CT molecular complexity index is 799. The van der Waals surface area contributed by atoms with Gasteiger partial charge in [-0.3, -0.25) is 5.32 Å². The van der Waals surface area contributed by atoms with Gasteiger partial charge in [-0.2, -0.15) is 0 Å². The number of imidazole rings is 1. The molecule has 0 radical (unpaired) electrons. The monoisotopic (exact) mass is 299 g/mol. The van der Waals surface area contributed by atoms with Gasteiger partial charge in [-0.1, -0.05) is 30.0 Å². The summed E-state index contributed by atoms with van der Waals surface area (Å²) in [5, 5.41) is 11.4. The molecule has 1 amide bonds. The summed E-state index contributed by atoms with van der Waals surface area (Å²) in [5.74, 6) is 0.799. The van der Waals surface area contributed by atoms with Crippen LogP contribution in [0, 0.1) is 6.92 Å². The number of nitrogens with zero attached hydrogens (tertiary/aromatic N) is 1. The highest BCUT2D eigenvalue weighted by atomic mass is 32.2. The third kappa shape index (κ3) is 3.00. The van der Waals surface area contributed by atoms with Gasteiger partial charge in [0.1, 0.15) is 5.82 Å². The molecule has 0 aliphatic heterocycles. The quantitative estimate of drug-likeness (QED) is 0.680. The molecule has 3 rings (SSSR count). The number of benzene rings is 2. The van der Waals surface area contributed by atoms with Crippen LogP contribution in [0.4, 0.5) is 10.5 Å². The lowest BCUT2D eigenvalue weighted by Gasteiger charge is -2.09. The van der Waals surface area contributed by atoms with Crippen LogP contribution in [0.25, 0.3) is 11.0 Å². The maximum atomic E-state index is 11.0. The fourth-order valence-corrected chi connectivity index (χ4v) is 3.02. The van der Waals surface area contributed by atoms with Crippen LogP contribution in [0.1, 0.15) is 5.82 Å². The SMILES string of the molecule is Cc1nc2cc(Sc3ccccc3)c(NC(=O)O)cc2[nH]1. The van der Waals surface area contributed by atoms with Crippen molar-refractivity contribution < 1.29 is 9.90 Å². The van der Waals surface area contributed by atoms with E-state index in [9.17, 15) is 4.79 Å². The first-order valence-corrected chi connectivity index (χ1v) is 7.17. The minimum absolute atomic E-state index is 0.549. The van der Waals surface area contributed by atoms with Gasteiger partial charge in [0.15, 0.2) is 0 Å². The standard InChI is InChI=1S/C15H13N3O2S/c1-9-16-11-7-13(18-15(19)20)14(8-12(11)17-9)21-10-5-3-2-4-6-10/h2-8,18H,1H3,(H,16,17)(H,19,20). The van der Waals surface area contributed by atoms with E-state index < -0.39 is 6.09 Å². The molecule has 1 aromatic heterocycles. The fraction of sp³-hybridized carbons (Fsp3) is 0.0667. The molecule has 3 aromatic rings. The van der Waals surface area contributed by atoms with Crippen molar-refractivity contribution in [1.29, 1.82) is 0 Å². The number of aromatic nitrogens is 2. The predicted molar refractivity (Wildman–Crippen MR) is 83.0 cm³/mol. The van der Waals surface area contributed by atoms with Crippen LogP contribution in [0.3, 0.4) is 0 Å². The summed E-state index contributed by atoms with van der Waals surface area (Å²) in [5.41, 5.74) is 2.18. The molecule has 0 atom stereocenters. The summed E-state index contributed by atoms with van der Waals surface area (Å²) in [6.07, 6.45) is -1.08. The minimum Gasteiger partial charge on any atom is -0.465 e. The van der Waals surface area contributed by atoms with Crippen molar-refractivity contribution in [3.8, 4) is 0 Å². The molecule has 0 aliphatic rings. The lowest BCUT2D eigenvalue weighted by Crippen LogP contribution is -2.08. The second-order valence-corrected chi connectivity index (χ2v) is 5.65. The zero-order chi connectivity index (χ0) is 14.8. The Labute approximate surface area is 125 Å². The van der Waals surface area contributed by atoms with E-state index in [2.05, 4.69) is 15.3 Å². The molecule has 5 nitrogen and oxygen atoms in total. The molecule has 3 N–H and O–H groups in total. The molecular weight excluding hydrogens is 286 g/mol. The van der Waals surface area contributed by atoms with Crippen molar-refractivity contribution in [2.45, 2.75) is 16.7 Å². The number of hydrogen-bond donors (Lipinski definition) is 3. The highest BCUT2D eigenvalue weighted by Crippen LogP contribution is 2.35. The number of hydrogen-bond acceptors (Lipinski definition) is 3. The highest BCUT2D eigenvalue weighted by molar-refractivity contribution is 7.99. The van der Waals surface area contributed by atoms with E-state index in [1.165, 1.54) is 11.8 Å². The second kappa shape index (κ2) is 5.49. The van der Waals surface area contributed by atoms with Crippen LogP contribution in [0.5, 0.6) is 0 Å². The Balaban J connectivity index is 2.06. The van der Waals surface area contributed by atoms with Gasteiger partial charge < -0.3 is 10.1 Å². The Morgan fingerprint density at radius 2 is 2.05 bits per heavy atom. The van der Waals surface area contributed by atoms with Crippen molar-refractivity contribution >= 4 is 34.6 Å². The highest BCUT2D eigenvalue weighted by Gasteiger charge is 2.11. The van der Waals surface area contributed by atoms with Crippen molar-refractivity contribution in [3.05, 3.63) is 48.3 Å². The second-order valence-electron chi connectivity index (χ2n) is 4.53. The van der Waals surface area contributed by atoms with Crippen LogP contribution in [0.2, 0.25) is 0 Å². The third-order valence-electron chi connectivity index (χ3n) is 2.91. The Morgan fingerprint density at radius 3 is 2.76 bits per heavy atom. The number of aryl methyl sites for hydroxylation is 1. The number of carboxylic acid groups (broad SMARTS) is 1. The van der Waals surface area contributed by atoms with Gasteiger partial charge in [-0.25, -0.2) is 9.78 Å². The predicted octanol–water partition coefficient (Wildman–Crippen LogP) is 4.11. The number of amides is 1. The zero-order valence-electron chi connectivity index (χ0n) is 11.3. The molecule has 0 saturated heterocycles. The summed E-state index contributed by atoms with van der Waals surface area (Å²) in [7, 11) is 0. The van der Waals surface area contributed by atoms with E-state index in [1.54, 1.807) is 6.07 Å². The van der Waals surface area contributed by atoms with Gasteiger partial charge in [0.05, 0.1) is 16.7 Å². The van der Waals surface area contributed by atoms with Gasteiger partial charge in [0, 0.05) is 9.79 Å². The summed E-state index contributed by atoms with van der Waals surface area (Å²) >= 11 is 1.50. The van der Waals surface area contributed by atoms with Crippen LogP contribution < -0.4 is 5.32 Å². The van der Waals surface area contributed by atoms with Gasteiger partial charge in [-0.05, 0) is 31.2 Å². The summed E-state index contributed by atoms with van der Waals surface area (Å²) in [4.78, 5) is 20.3. The van der Waals surface area contributed by atoms with Gasteiger partial charge in [0.2, 0.25) is 0 Å². The molecule has 0 aliphatic carbocycles. The number of H-pyrrole nitrogens is 1. The smallest absolute Gasteiger partial charge is 0.409 e. The van der Waals surface area contributed by atoms with Gasteiger partial charge in [0.25, 0.3) is 0 Å². The maximum Gasteiger partial charge on any atom is 0.409 e. The molecule has 0 unspecified atom stereocenters. The van der Waals surface area contributed by atoms with Crippen LogP contribution in [0.15, 0.2) is 52.3 Å². The molecule has 6 heteroatoms. The number of fused-ring (bicyclic) bond motifs is 1. The van der Waals surface area contributed by atoms with E-state index in [0.717, 1.165) is 26.6 Å². The first-order valence-electron chi connectivity index (χ1n) is 6.35. The number of carbonyl (C=O) groups is 1. The first-order chi connectivity index (χ1) is 10.1.